The Balaban J connectivity index is 1.85. The molecule has 1 heterocycles. The lowest BCUT2D eigenvalue weighted by Gasteiger charge is -2.17. The summed E-state index contributed by atoms with van der Waals surface area (Å²) in [5, 5.41) is 13.0. The molecule has 0 aliphatic rings. The maximum atomic E-state index is 9.54. The van der Waals surface area contributed by atoms with Crippen LogP contribution in [0.4, 0.5) is 5.69 Å². The molecule has 3 aromatic rings. The van der Waals surface area contributed by atoms with Gasteiger partial charge in [0.25, 0.3) is 0 Å². The summed E-state index contributed by atoms with van der Waals surface area (Å²) in [6, 6.07) is 13.9. The molecule has 0 radical (unpaired) electrons. The van der Waals surface area contributed by atoms with Crippen LogP contribution in [0.5, 0.6) is 5.75 Å². The second-order valence-electron chi connectivity index (χ2n) is 5.80. The average Bonchev–Trinajstić information content (AvgIpc) is 2.94. The summed E-state index contributed by atoms with van der Waals surface area (Å²) in [6.45, 7) is 4.54. The molecule has 0 spiro atoms. The van der Waals surface area contributed by atoms with Crippen molar-refractivity contribution < 1.29 is 9.84 Å². The highest BCUT2D eigenvalue weighted by Crippen LogP contribution is 2.27. The van der Waals surface area contributed by atoms with E-state index in [9.17, 15) is 5.11 Å². The predicted molar refractivity (Wildman–Crippen MR) is 96.3 cm³/mol. The zero-order valence-electron chi connectivity index (χ0n) is 14.3. The van der Waals surface area contributed by atoms with Gasteiger partial charge >= 0.3 is 0 Å². The van der Waals surface area contributed by atoms with Crippen molar-refractivity contribution in [3.8, 4) is 5.75 Å². The van der Waals surface area contributed by atoms with Crippen molar-refractivity contribution in [1.29, 1.82) is 0 Å². The van der Waals surface area contributed by atoms with Gasteiger partial charge in [0.2, 0.25) is 0 Å². The van der Waals surface area contributed by atoms with Crippen molar-refractivity contribution in [2.24, 2.45) is 7.05 Å². The number of para-hydroxylation sites is 2. The summed E-state index contributed by atoms with van der Waals surface area (Å²) >= 11 is 0. The Kier molecular flexibility index (Phi) is 4.71. The van der Waals surface area contributed by atoms with E-state index in [0.717, 1.165) is 33.9 Å². The molecule has 126 valence electrons. The van der Waals surface area contributed by atoms with Crippen molar-refractivity contribution in [3.05, 3.63) is 53.9 Å². The fraction of sp³-hybridized carbons (Fsp3) is 0.316. The molecular weight excluding hydrogens is 302 g/mol. The highest BCUT2D eigenvalue weighted by Gasteiger charge is 2.15. The summed E-state index contributed by atoms with van der Waals surface area (Å²) in [6.07, 6.45) is 0. The third kappa shape index (κ3) is 3.08. The van der Waals surface area contributed by atoms with Crippen LogP contribution in [-0.4, -0.2) is 21.3 Å². The quantitative estimate of drug-likeness (QED) is 0.726. The van der Waals surface area contributed by atoms with E-state index >= 15 is 0 Å². The first-order chi connectivity index (χ1) is 11.6. The first-order valence-electron chi connectivity index (χ1n) is 8.18. The van der Waals surface area contributed by atoms with E-state index in [0.29, 0.717) is 6.61 Å². The molecule has 0 saturated heterocycles. The number of fused-ring (bicyclic) bond motifs is 1. The van der Waals surface area contributed by atoms with E-state index in [2.05, 4.69) is 22.9 Å². The van der Waals surface area contributed by atoms with Crippen LogP contribution in [0.15, 0.2) is 42.5 Å². The Morgan fingerprint density at radius 1 is 1.25 bits per heavy atom. The number of anilines is 1. The number of aliphatic hydroxyl groups is 1. The number of nitrogens with one attached hydrogen (secondary N) is 1. The van der Waals surface area contributed by atoms with Crippen LogP contribution in [-0.2, 0) is 13.7 Å². The zero-order valence-corrected chi connectivity index (χ0v) is 14.3. The average molecular weight is 325 g/mol. The van der Waals surface area contributed by atoms with E-state index in [-0.39, 0.29) is 12.6 Å². The first kappa shape index (κ1) is 16.3. The Hall–Kier alpha value is -2.53. The van der Waals surface area contributed by atoms with Crippen LogP contribution >= 0.6 is 0 Å². The third-order valence-electron chi connectivity index (χ3n) is 4.12. The summed E-state index contributed by atoms with van der Waals surface area (Å²) in [7, 11) is 2.03. The fourth-order valence-electron chi connectivity index (χ4n) is 2.96. The number of aromatic nitrogens is 2. The minimum atomic E-state index is -0.0501. The van der Waals surface area contributed by atoms with E-state index in [4.69, 9.17) is 9.72 Å². The number of hydrogen-bond acceptors (Lipinski definition) is 4. The van der Waals surface area contributed by atoms with Crippen LogP contribution in [0.1, 0.15) is 31.3 Å². The van der Waals surface area contributed by atoms with Crippen LogP contribution in [0.25, 0.3) is 11.0 Å². The van der Waals surface area contributed by atoms with Gasteiger partial charge < -0.3 is 19.7 Å². The molecule has 0 amide bonds. The van der Waals surface area contributed by atoms with Gasteiger partial charge in [0.15, 0.2) is 0 Å². The topological polar surface area (TPSA) is 59.3 Å². The molecule has 24 heavy (non-hydrogen) atoms. The zero-order chi connectivity index (χ0) is 17.1. The predicted octanol–water partition coefficient (Wildman–Crippen LogP) is 3.64. The highest BCUT2D eigenvalue weighted by molar-refractivity contribution is 5.76. The maximum absolute atomic E-state index is 9.54. The number of hydrogen-bond donors (Lipinski definition) is 2. The van der Waals surface area contributed by atoms with Gasteiger partial charge in [-0.2, -0.15) is 0 Å². The summed E-state index contributed by atoms with van der Waals surface area (Å²) in [4.78, 5) is 4.72. The summed E-state index contributed by atoms with van der Waals surface area (Å²) in [5.74, 6) is 1.69. The maximum Gasteiger partial charge on any atom is 0.131 e. The van der Waals surface area contributed by atoms with E-state index in [1.807, 2.05) is 50.4 Å². The van der Waals surface area contributed by atoms with Gasteiger partial charge in [0.05, 0.1) is 30.3 Å². The molecule has 0 aliphatic heterocycles. The van der Waals surface area contributed by atoms with Crippen molar-refractivity contribution in [3.63, 3.8) is 0 Å². The summed E-state index contributed by atoms with van der Waals surface area (Å²) in [5.41, 5.74) is 3.82. The van der Waals surface area contributed by atoms with Gasteiger partial charge in [0, 0.05) is 18.3 Å². The lowest BCUT2D eigenvalue weighted by Crippen LogP contribution is -2.12. The van der Waals surface area contributed by atoms with Crippen LogP contribution in [0, 0.1) is 0 Å². The standard InChI is InChI=1S/C19H23N3O2/c1-4-24-18-10-9-15(11-14(18)12-23)20-13(2)19-21-16-7-5-6-8-17(16)22(19)3/h5-11,13,20,23H,4,12H2,1-3H3. The minimum absolute atomic E-state index is 0.0342. The van der Waals surface area contributed by atoms with Crippen molar-refractivity contribution in [1.82, 2.24) is 9.55 Å². The number of aryl methyl sites for hydroxylation is 1. The van der Waals surface area contributed by atoms with Gasteiger partial charge in [-0.15, -0.1) is 0 Å². The Bertz CT molecular complexity index is 842. The molecule has 1 atom stereocenters. The van der Waals surface area contributed by atoms with Crippen LogP contribution in [0.3, 0.4) is 0 Å². The van der Waals surface area contributed by atoms with Crippen molar-refractivity contribution in [2.75, 3.05) is 11.9 Å². The number of imidazole rings is 1. The van der Waals surface area contributed by atoms with Gasteiger partial charge in [-0.1, -0.05) is 12.1 Å². The number of benzene rings is 2. The molecule has 0 saturated carbocycles. The largest absolute Gasteiger partial charge is 0.494 e. The molecule has 2 N–H and O–H groups in total. The molecule has 5 nitrogen and oxygen atoms in total. The number of ether oxygens (including phenoxy) is 1. The molecule has 0 fully saturated rings. The summed E-state index contributed by atoms with van der Waals surface area (Å²) < 4.78 is 7.63. The van der Waals surface area contributed by atoms with Gasteiger partial charge in [-0.25, -0.2) is 4.98 Å². The highest BCUT2D eigenvalue weighted by atomic mass is 16.5. The Labute approximate surface area is 141 Å². The molecule has 5 heteroatoms. The number of rotatable bonds is 6. The lowest BCUT2D eigenvalue weighted by molar-refractivity contribution is 0.267. The molecular formula is C19H23N3O2. The van der Waals surface area contributed by atoms with E-state index in [1.165, 1.54) is 0 Å². The Morgan fingerprint density at radius 3 is 2.75 bits per heavy atom. The van der Waals surface area contributed by atoms with Crippen LogP contribution < -0.4 is 10.1 Å². The monoisotopic (exact) mass is 325 g/mol. The number of aliphatic hydroxyl groups excluding tert-OH is 1. The number of nitrogens with zero attached hydrogens (tertiary/aromatic N) is 2. The van der Waals surface area contributed by atoms with Crippen molar-refractivity contribution >= 4 is 16.7 Å². The molecule has 1 aromatic heterocycles. The fourth-order valence-corrected chi connectivity index (χ4v) is 2.96. The second-order valence-corrected chi connectivity index (χ2v) is 5.80. The molecule has 0 bridgehead atoms. The lowest BCUT2D eigenvalue weighted by atomic mass is 10.1. The SMILES string of the molecule is CCOc1ccc(NC(C)c2nc3ccccc3n2C)cc1CO. The Morgan fingerprint density at radius 2 is 2.04 bits per heavy atom. The minimum Gasteiger partial charge on any atom is -0.494 e. The van der Waals surface area contributed by atoms with Crippen molar-refractivity contribution in [2.45, 2.75) is 26.5 Å². The third-order valence-corrected chi connectivity index (χ3v) is 4.12. The first-order valence-corrected chi connectivity index (χ1v) is 8.18. The van der Waals surface area contributed by atoms with E-state index in [1.54, 1.807) is 0 Å². The molecule has 2 aromatic carbocycles. The van der Waals surface area contributed by atoms with E-state index < -0.39 is 0 Å². The molecule has 0 aliphatic carbocycles. The smallest absolute Gasteiger partial charge is 0.131 e. The second kappa shape index (κ2) is 6.93. The van der Waals surface area contributed by atoms with Gasteiger partial charge in [0.1, 0.15) is 11.6 Å². The van der Waals surface area contributed by atoms with Gasteiger partial charge in [-0.3, -0.25) is 0 Å². The normalized spacial score (nSPS) is 12.3. The molecule has 1 unspecified atom stereocenters. The molecule has 3 rings (SSSR count). The van der Waals surface area contributed by atoms with Gasteiger partial charge in [-0.05, 0) is 44.2 Å². The van der Waals surface area contributed by atoms with Crippen LogP contribution in [0.2, 0.25) is 0 Å².